The van der Waals surface area contributed by atoms with Gasteiger partial charge in [-0.25, -0.2) is 0 Å². The summed E-state index contributed by atoms with van der Waals surface area (Å²) in [7, 11) is 0. The van der Waals surface area contributed by atoms with Crippen LogP contribution in [0, 0.1) is 0 Å². The number of fused-ring (bicyclic) bond motifs is 3. The van der Waals surface area contributed by atoms with Crippen LogP contribution in [0.1, 0.15) is 12.2 Å². The average molecular weight is 232 g/mol. The first-order chi connectivity index (χ1) is 7.90. The van der Waals surface area contributed by atoms with Crippen molar-refractivity contribution in [3.63, 3.8) is 0 Å². The van der Waals surface area contributed by atoms with E-state index < -0.39 is 0 Å². The first-order valence-electron chi connectivity index (χ1n) is 5.32. The number of benzene rings is 1. The van der Waals surface area contributed by atoms with Gasteiger partial charge in [0.15, 0.2) is 0 Å². The summed E-state index contributed by atoms with van der Waals surface area (Å²) in [5.74, 6) is 1.01. The van der Waals surface area contributed by atoms with Crippen LogP contribution in [0.25, 0.3) is 15.2 Å². The maximum Gasteiger partial charge on any atom is 0.217 e. The second-order valence-electron chi connectivity index (χ2n) is 3.70. The predicted octanol–water partition coefficient (Wildman–Crippen LogP) is 1.84. The molecule has 2 aromatic heterocycles. The highest BCUT2D eigenvalue weighted by atomic mass is 32.1. The lowest BCUT2D eigenvalue weighted by Gasteiger charge is -1.96. The predicted molar refractivity (Wildman–Crippen MR) is 65.7 cm³/mol. The summed E-state index contributed by atoms with van der Waals surface area (Å²) in [6.45, 7) is 0.691. The lowest BCUT2D eigenvalue weighted by molar-refractivity contribution is 0.775. The Bertz CT molecular complexity index is 625. The zero-order valence-corrected chi connectivity index (χ0v) is 9.57. The van der Waals surface area contributed by atoms with E-state index in [1.54, 1.807) is 11.3 Å². The highest BCUT2D eigenvalue weighted by Gasteiger charge is 2.10. The van der Waals surface area contributed by atoms with E-state index in [1.807, 2.05) is 12.1 Å². The van der Waals surface area contributed by atoms with Gasteiger partial charge in [-0.2, -0.15) is 0 Å². The number of rotatable bonds is 3. The molecule has 3 rings (SSSR count). The van der Waals surface area contributed by atoms with Crippen LogP contribution >= 0.6 is 11.3 Å². The minimum absolute atomic E-state index is 0.691. The topological polar surface area (TPSA) is 56.2 Å². The largest absolute Gasteiger partial charge is 0.330 e. The normalized spacial score (nSPS) is 11.6. The molecule has 1 aromatic carbocycles. The molecule has 2 N–H and O–H groups in total. The number of para-hydroxylation sites is 1. The van der Waals surface area contributed by atoms with Crippen LogP contribution in [0.5, 0.6) is 0 Å². The lowest BCUT2D eigenvalue weighted by atomic mass is 10.3. The fourth-order valence-corrected chi connectivity index (χ4v) is 2.84. The van der Waals surface area contributed by atoms with Gasteiger partial charge in [0.1, 0.15) is 5.82 Å². The summed E-state index contributed by atoms with van der Waals surface area (Å²) in [6.07, 6.45) is 1.84. The van der Waals surface area contributed by atoms with Gasteiger partial charge in [0.05, 0.1) is 10.2 Å². The van der Waals surface area contributed by atoms with Crippen molar-refractivity contribution < 1.29 is 0 Å². The quantitative estimate of drug-likeness (QED) is 0.749. The summed E-state index contributed by atoms with van der Waals surface area (Å²) in [4.78, 5) is 0.966. The standard InChI is InChI=1S/C11H12N4S/c12-7-3-6-10-13-14-11-15(10)8-4-1-2-5-9(8)16-11/h1-2,4-5H,3,6-7,12H2. The summed E-state index contributed by atoms with van der Waals surface area (Å²) < 4.78 is 3.39. The van der Waals surface area contributed by atoms with Crippen molar-refractivity contribution in [3.8, 4) is 0 Å². The van der Waals surface area contributed by atoms with E-state index in [0.717, 1.165) is 23.6 Å². The fraction of sp³-hybridized carbons (Fsp3) is 0.273. The highest BCUT2D eigenvalue weighted by molar-refractivity contribution is 7.23. The number of nitrogens with two attached hydrogens (primary N) is 1. The van der Waals surface area contributed by atoms with Crippen molar-refractivity contribution in [2.24, 2.45) is 5.73 Å². The van der Waals surface area contributed by atoms with Crippen LogP contribution in [0.2, 0.25) is 0 Å². The third-order valence-electron chi connectivity index (χ3n) is 2.61. The number of hydrogen-bond acceptors (Lipinski definition) is 4. The number of aryl methyl sites for hydroxylation is 1. The Morgan fingerprint density at radius 2 is 2.12 bits per heavy atom. The smallest absolute Gasteiger partial charge is 0.217 e. The van der Waals surface area contributed by atoms with Crippen LogP contribution in [-0.2, 0) is 6.42 Å². The van der Waals surface area contributed by atoms with Crippen LogP contribution in [0.15, 0.2) is 24.3 Å². The number of hydrogen-bond donors (Lipinski definition) is 1. The molecule has 4 nitrogen and oxygen atoms in total. The molecule has 16 heavy (non-hydrogen) atoms. The minimum Gasteiger partial charge on any atom is -0.330 e. The molecule has 0 saturated carbocycles. The monoisotopic (exact) mass is 232 g/mol. The second-order valence-corrected chi connectivity index (χ2v) is 4.71. The molecule has 0 radical (unpaired) electrons. The third-order valence-corrected chi connectivity index (χ3v) is 3.62. The molecule has 0 bridgehead atoms. The van der Waals surface area contributed by atoms with Crippen LogP contribution in [0.3, 0.4) is 0 Å². The number of thiazole rings is 1. The molecular weight excluding hydrogens is 220 g/mol. The van der Waals surface area contributed by atoms with Crippen LogP contribution in [0.4, 0.5) is 0 Å². The first kappa shape index (κ1) is 9.74. The number of aromatic nitrogens is 3. The van der Waals surface area contributed by atoms with Crippen molar-refractivity contribution in [2.45, 2.75) is 12.8 Å². The molecule has 3 aromatic rings. The number of nitrogens with zero attached hydrogens (tertiary/aromatic N) is 3. The van der Waals surface area contributed by atoms with Gasteiger partial charge in [0, 0.05) is 6.42 Å². The Balaban J connectivity index is 2.22. The van der Waals surface area contributed by atoms with E-state index in [0.29, 0.717) is 6.54 Å². The Labute approximate surface area is 96.7 Å². The summed E-state index contributed by atoms with van der Waals surface area (Å²) in [6, 6.07) is 8.31. The molecular formula is C11H12N4S. The zero-order chi connectivity index (χ0) is 11.0. The average Bonchev–Trinajstić information content (AvgIpc) is 2.85. The van der Waals surface area contributed by atoms with Crippen LogP contribution in [-0.4, -0.2) is 21.1 Å². The van der Waals surface area contributed by atoms with Gasteiger partial charge in [-0.05, 0) is 25.1 Å². The molecule has 0 spiro atoms. The van der Waals surface area contributed by atoms with E-state index in [2.05, 4.69) is 26.7 Å². The van der Waals surface area contributed by atoms with Gasteiger partial charge >= 0.3 is 0 Å². The SMILES string of the molecule is NCCCc1nnc2sc3ccccc3n12. The Morgan fingerprint density at radius 3 is 3.00 bits per heavy atom. The molecule has 5 heteroatoms. The fourth-order valence-electron chi connectivity index (χ4n) is 1.86. The molecule has 0 unspecified atom stereocenters. The van der Waals surface area contributed by atoms with Crippen molar-refractivity contribution >= 4 is 26.5 Å². The van der Waals surface area contributed by atoms with Gasteiger partial charge in [-0.3, -0.25) is 4.40 Å². The van der Waals surface area contributed by atoms with Crippen molar-refractivity contribution in [1.29, 1.82) is 0 Å². The maximum atomic E-state index is 5.52. The van der Waals surface area contributed by atoms with E-state index in [1.165, 1.54) is 10.2 Å². The maximum absolute atomic E-state index is 5.52. The van der Waals surface area contributed by atoms with Crippen molar-refractivity contribution in [3.05, 3.63) is 30.1 Å². The van der Waals surface area contributed by atoms with E-state index in [9.17, 15) is 0 Å². The summed E-state index contributed by atoms with van der Waals surface area (Å²) in [5.41, 5.74) is 6.72. The van der Waals surface area contributed by atoms with Crippen molar-refractivity contribution in [1.82, 2.24) is 14.6 Å². The molecule has 0 atom stereocenters. The van der Waals surface area contributed by atoms with E-state index in [-0.39, 0.29) is 0 Å². The Morgan fingerprint density at radius 1 is 1.25 bits per heavy atom. The molecule has 0 saturated heterocycles. The molecule has 82 valence electrons. The van der Waals surface area contributed by atoms with E-state index >= 15 is 0 Å². The third kappa shape index (κ3) is 1.40. The molecule has 0 amide bonds. The van der Waals surface area contributed by atoms with Crippen molar-refractivity contribution in [2.75, 3.05) is 6.54 Å². The van der Waals surface area contributed by atoms with Gasteiger partial charge in [-0.1, -0.05) is 23.5 Å². The second kappa shape index (κ2) is 3.84. The first-order valence-corrected chi connectivity index (χ1v) is 6.13. The molecule has 2 heterocycles. The summed E-state index contributed by atoms with van der Waals surface area (Å²) >= 11 is 1.67. The van der Waals surface area contributed by atoms with Gasteiger partial charge in [0.25, 0.3) is 0 Å². The summed E-state index contributed by atoms with van der Waals surface area (Å²) in [5, 5.41) is 8.41. The molecule has 0 aliphatic rings. The molecule has 0 fully saturated rings. The molecule has 0 aliphatic carbocycles. The minimum atomic E-state index is 0.691. The van der Waals surface area contributed by atoms with Gasteiger partial charge in [0.2, 0.25) is 4.96 Å². The lowest BCUT2D eigenvalue weighted by Crippen LogP contribution is -2.02. The Kier molecular flexibility index (Phi) is 2.34. The van der Waals surface area contributed by atoms with E-state index in [4.69, 9.17) is 5.73 Å². The zero-order valence-electron chi connectivity index (χ0n) is 8.76. The molecule has 0 aliphatic heterocycles. The van der Waals surface area contributed by atoms with Gasteiger partial charge < -0.3 is 5.73 Å². The highest BCUT2D eigenvalue weighted by Crippen LogP contribution is 2.26. The Hall–Kier alpha value is -1.46. The van der Waals surface area contributed by atoms with Gasteiger partial charge in [-0.15, -0.1) is 10.2 Å². The van der Waals surface area contributed by atoms with Crippen LogP contribution < -0.4 is 5.73 Å².